The molecule has 1 saturated heterocycles. The number of non-ortho nitro benzene ring substituents is 1. The first-order chi connectivity index (χ1) is 16.3. The maximum atomic E-state index is 12.9. The summed E-state index contributed by atoms with van der Waals surface area (Å²) in [6.07, 6.45) is 1.65. The molecule has 34 heavy (non-hydrogen) atoms. The number of amides is 2. The summed E-state index contributed by atoms with van der Waals surface area (Å²) in [5, 5.41) is 10.4. The second-order valence-electron chi connectivity index (χ2n) is 7.28. The molecule has 4 rings (SSSR count). The average Bonchev–Trinajstić information content (AvgIpc) is 3.07. The Bertz CT molecular complexity index is 1270. The topological polar surface area (TPSA) is 89.8 Å². The third kappa shape index (κ3) is 5.57. The number of hydrogen-bond acceptors (Lipinski definition) is 6. The highest BCUT2D eigenvalue weighted by molar-refractivity contribution is 9.11. The van der Waals surface area contributed by atoms with Crippen molar-refractivity contribution in [2.24, 2.45) is 0 Å². The third-order valence-corrected chi connectivity index (χ3v) is 6.99. The first-order valence-electron chi connectivity index (χ1n) is 9.96. The maximum Gasteiger partial charge on any atom is 0.293 e. The van der Waals surface area contributed by atoms with Crippen LogP contribution in [0.25, 0.3) is 6.08 Å². The zero-order valence-electron chi connectivity index (χ0n) is 17.4. The number of thioether (sulfide) groups is 1. The van der Waals surface area contributed by atoms with Crippen molar-refractivity contribution in [3.63, 3.8) is 0 Å². The Morgan fingerprint density at radius 1 is 0.971 bits per heavy atom. The fourth-order valence-corrected chi connectivity index (χ4v) is 5.51. The van der Waals surface area contributed by atoms with Gasteiger partial charge in [0.05, 0.1) is 25.3 Å². The Morgan fingerprint density at radius 2 is 1.62 bits per heavy atom. The number of benzene rings is 3. The van der Waals surface area contributed by atoms with Gasteiger partial charge in [0.2, 0.25) is 0 Å². The molecule has 10 heteroatoms. The number of imide groups is 1. The summed E-state index contributed by atoms with van der Waals surface area (Å²) in [5.41, 5.74) is 2.32. The van der Waals surface area contributed by atoms with Crippen LogP contribution in [0.3, 0.4) is 0 Å². The molecular weight excluding hydrogens is 588 g/mol. The van der Waals surface area contributed by atoms with Gasteiger partial charge in [-0.15, -0.1) is 0 Å². The van der Waals surface area contributed by atoms with Crippen LogP contribution in [-0.4, -0.2) is 21.0 Å². The Labute approximate surface area is 216 Å². The van der Waals surface area contributed by atoms with Crippen molar-refractivity contribution >= 4 is 66.5 Å². The first kappa shape index (κ1) is 24.2. The number of nitro benzene ring substituents is 1. The van der Waals surface area contributed by atoms with Gasteiger partial charge in [-0.2, -0.15) is 0 Å². The lowest BCUT2D eigenvalue weighted by atomic mass is 10.2. The molecular formula is C24H16Br2N2O5S. The summed E-state index contributed by atoms with van der Waals surface area (Å²) in [4.78, 5) is 37.0. The molecule has 0 unspecified atom stereocenters. The van der Waals surface area contributed by atoms with Gasteiger partial charge < -0.3 is 4.74 Å². The molecule has 0 saturated carbocycles. The molecule has 2 amide bonds. The minimum absolute atomic E-state index is 0.0413. The molecule has 0 N–H and O–H groups in total. The highest BCUT2D eigenvalue weighted by atomic mass is 79.9. The lowest BCUT2D eigenvalue weighted by molar-refractivity contribution is -0.384. The Balaban J connectivity index is 1.48. The van der Waals surface area contributed by atoms with Crippen molar-refractivity contribution in [3.05, 3.63) is 107 Å². The minimum Gasteiger partial charge on any atom is -0.487 e. The normalized spacial score (nSPS) is 14.6. The summed E-state index contributed by atoms with van der Waals surface area (Å²) in [6, 6.07) is 19.2. The van der Waals surface area contributed by atoms with Crippen LogP contribution in [0, 0.1) is 10.1 Å². The number of ether oxygens (including phenoxy) is 1. The molecule has 0 atom stereocenters. The van der Waals surface area contributed by atoms with Gasteiger partial charge in [-0.25, -0.2) is 0 Å². The molecule has 0 aliphatic carbocycles. The molecule has 1 fully saturated rings. The summed E-state index contributed by atoms with van der Waals surface area (Å²) >= 11 is 7.89. The zero-order chi connectivity index (χ0) is 24.2. The molecule has 0 bridgehead atoms. The molecule has 3 aromatic rings. The molecule has 0 radical (unpaired) electrons. The molecule has 1 aliphatic heterocycles. The number of carbonyl (C=O) groups is 2. The Kier molecular flexibility index (Phi) is 7.50. The van der Waals surface area contributed by atoms with Crippen LogP contribution in [0.1, 0.15) is 16.7 Å². The first-order valence-corrected chi connectivity index (χ1v) is 12.4. The van der Waals surface area contributed by atoms with Gasteiger partial charge >= 0.3 is 0 Å². The van der Waals surface area contributed by atoms with Crippen LogP contribution >= 0.6 is 43.6 Å². The van der Waals surface area contributed by atoms with Gasteiger partial charge in [0, 0.05) is 12.1 Å². The van der Waals surface area contributed by atoms with Crippen LogP contribution in [0.15, 0.2) is 80.6 Å². The van der Waals surface area contributed by atoms with Crippen LogP contribution < -0.4 is 4.74 Å². The standard InChI is InChI=1S/C24H16Br2N2O5S/c25-19-10-17(11-20(26)22(19)33-14-16-4-2-1-3-5-16)12-21-23(29)27(24(30)34-21)13-15-6-8-18(9-7-15)28(31)32/h1-12H,13-14H2/b21-12-. The number of nitro groups is 1. The fraction of sp³-hybridized carbons (Fsp3) is 0.0833. The fourth-order valence-electron chi connectivity index (χ4n) is 3.22. The monoisotopic (exact) mass is 602 g/mol. The highest BCUT2D eigenvalue weighted by Gasteiger charge is 2.35. The second-order valence-corrected chi connectivity index (χ2v) is 9.98. The number of carbonyl (C=O) groups excluding carboxylic acids is 2. The highest BCUT2D eigenvalue weighted by Crippen LogP contribution is 2.38. The van der Waals surface area contributed by atoms with E-state index in [0.717, 1.165) is 22.2 Å². The van der Waals surface area contributed by atoms with E-state index in [4.69, 9.17) is 4.74 Å². The summed E-state index contributed by atoms with van der Waals surface area (Å²) < 4.78 is 7.34. The quantitative estimate of drug-likeness (QED) is 0.165. The zero-order valence-corrected chi connectivity index (χ0v) is 21.4. The van der Waals surface area contributed by atoms with Gasteiger partial charge in [0.25, 0.3) is 16.8 Å². The molecule has 172 valence electrons. The molecule has 0 spiro atoms. The summed E-state index contributed by atoms with van der Waals surface area (Å²) in [5.74, 6) is 0.220. The van der Waals surface area contributed by atoms with E-state index in [-0.39, 0.29) is 12.2 Å². The van der Waals surface area contributed by atoms with E-state index in [1.165, 1.54) is 24.3 Å². The number of nitrogens with zero attached hydrogens (tertiary/aromatic N) is 2. The molecule has 0 aromatic heterocycles. The van der Waals surface area contributed by atoms with Crippen molar-refractivity contribution < 1.29 is 19.2 Å². The van der Waals surface area contributed by atoms with Crippen molar-refractivity contribution in [1.29, 1.82) is 0 Å². The Hall–Kier alpha value is -2.95. The van der Waals surface area contributed by atoms with Gasteiger partial charge in [-0.3, -0.25) is 24.6 Å². The van der Waals surface area contributed by atoms with E-state index in [9.17, 15) is 19.7 Å². The lowest BCUT2D eigenvalue weighted by Crippen LogP contribution is -2.27. The van der Waals surface area contributed by atoms with Gasteiger partial charge in [0.15, 0.2) is 0 Å². The van der Waals surface area contributed by atoms with Crippen LogP contribution in [0.2, 0.25) is 0 Å². The van der Waals surface area contributed by atoms with Crippen molar-refractivity contribution in [2.75, 3.05) is 0 Å². The van der Waals surface area contributed by atoms with Crippen molar-refractivity contribution in [3.8, 4) is 5.75 Å². The number of halogens is 2. The SMILES string of the molecule is O=C1S/C(=C\c2cc(Br)c(OCc3ccccc3)c(Br)c2)C(=O)N1Cc1ccc([N+](=O)[O-])cc1. The number of rotatable bonds is 7. The largest absolute Gasteiger partial charge is 0.487 e. The van der Waals surface area contributed by atoms with E-state index >= 15 is 0 Å². The van der Waals surface area contributed by atoms with Crippen LogP contribution in [-0.2, 0) is 17.9 Å². The lowest BCUT2D eigenvalue weighted by Gasteiger charge is -2.12. The van der Waals surface area contributed by atoms with E-state index in [0.29, 0.717) is 37.3 Å². The van der Waals surface area contributed by atoms with E-state index in [1.807, 2.05) is 42.5 Å². The minimum atomic E-state index is -0.499. The molecule has 1 heterocycles. The smallest absolute Gasteiger partial charge is 0.293 e. The second kappa shape index (κ2) is 10.5. The van der Waals surface area contributed by atoms with Crippen LogP contribution in [0.5, 0.6) is 5.75 Å². The molecule has 1 aliphatic rings. The summed E-state index contributed by atoms with van der Waals surface area (Å²) in [7, 11) is 0. The predicted octanol–water partition coefficient (Wildman–Crippen LogP) is 6.94. The van der Waals surface area contributed by atoms with Crippen LogP contribution in [0.4, 0.5) is 10.5 Å². The van der Waals surface area contributed by atoms with Crippen molar-refractivity contribution in [1.82, 2.24) is 4.90 Å². The molecule has 3 aromatic carbocycles. The van der Waals surface area contributed by atoms with E-state index in [2.05, 4.69) is 31.9 Å². The summed E-state index contributed by atoms with van der Waals surface area (Å²) in [6.45, 7) is 0.443. The predicted molar refractivity (Wildman–Crippen MR) is 137 cm³/mol. The van der Waals surface area contributed by atoms with Gasteiger partial charge in [-0.05, 0) is 78.5 Å². The average molecular weight is 604 g/mol. The Morgan fingerprint density at radius 3 is 2.24 bits per heavy atom. The number of hydrogen-bond donors (Lipinski definition) is 0. The van der Waals surface area contributed by atoms with Gasteiger partial charge in [-0.1, -0.05) is 42.5 Å². The third-order valence-electron chi connectivity index (χ3n) is 4.91. The van der Waals surface area contributed by atoms with Crippen molar-refractivity contribution in [2.45, 2.75) is 13.2 Å². The maximum absolute atomic E-state index is 12.9. The van der Waals surface area contributed by atoms with E-state index < -0.39 is 16.1 Å². The molecule has 7 nitrogen and oxygen atoms in total. The van der Waals surface area contributed by atoms with E-state index in [1.54, 1.807) is 6.08 Å². The van der Waals surface area contributed by atoms with Gasteiger partial charge in [0.1, 0.15) is 12.4 Å².